The van der Waals surface area contributed by atoms with Crippen molar-refractivity contribution < 1.29 is 5.21 Å². The van der Waals surface area contributed by atoms with Crippen molar-refractivity contribution in [2.75, 3.05) is 6.54 Å². The van der Waals surface area contributed by atoms with Crippen LogP contribution in [0.2, 0.25) is 0 Å². The van der Waals surface area contributed by atoms with Gasteiger partial charge in [-0.15, -0.1) is 0 Å². The quantitative estimate of drug-likeness (QED) is 0.456. The highest BCUT2D eigenvalue weighted by Crippen LogP contribution is 2.57. The average Bonchev–Trinajstić information content (AvgIpc) is 2.43. The number of hydrogen-bond acceptors (Lipinski definition) is 3. The molecule has 3 nitrogen and oxygen atoms in total. The van der Waals surface area contributed by atoms with Crippen molar-refractivity contribution in [3.63, 3.8) is 0 Å². The van der Waals surface area contributed by atoms with Crippen LogP contribution in [-0.2, 0) is 0 Å². The van der Waals surface area contributed by atoms with Gasteiger partial charge < -0.3 is 10.5 Å². The average molecular weight is 262 g/mol. The van der Waals surface area contributed by atoms with Crippen molar-refractivity contribution in [1.82, 2.24) is 5.32 Å². The van der Waals surface area contributed by atoms with E-state index in [1.54, 1.807) is 0 Å². The number of nitrogens with zero attached hydrogens (tertiary/aromatic N) is 1. The molecule has 0 aromatic rings. The van der Waals surface area contributed by atoms with Gasteiger partial charge >= 0.3 is 0 Å². The summed E-state index contributed by atoms with van der Waals surface area (Å²) in [5, 5.41) is 17.0. The zero-order chi connectivity index (χ0) is 12.8. The van der Waals surface area contributed by atoms with Crippen molar-refractivity contribution in [1.29, 1.82) is 0 Å². The van der Waals surface area contributed by atoms with E-state index in [2.05, 4.69) is 10.5 Å². The summed E-state index contributed by atoms with van der Waals surface area (Å²) in [4.78, 5) is 0. The van der Waals surface area contributed by atoms with Gasteiger partial charge in [-0.1, -0.05) is 11.6 Å². The summed E-state index contributed by atoms with van der Waals surface area (Å²) >= 11 is 0. The summed E-state index contributed by atoms with van der Waals surface area (Å²) in [6.45, 7) is 1.09. The lowest BCUT2D eigenvalue weighted by molar-refractivity contribution is -0.0108. The molecule has 19 heavy (non-hydrogen) atoms. The van der Waals surface area contributed by atoms with Crippen molar-refractivity contribution in [2.24, 2.45) is 34.7 Å². The summed E-state index contributed by atoms with van der Waals surface area (Å²) in [6.07, 6.45) is 10.8. The van der Waals surface area contributed by atoms with E-state index < -0.39 is 0 Å². The van der Waals surface area contributed by atoms with Gasteiger partial charge in [0.25, 0.3) is 0 Å². The van der Waals surface area contributed by atoms with Crippen LogP contribution in [0, 0.1) is 29.6 Å². The normalized spacial score (nSPS) is 49.6. The Morgan fingerprint density at radius 2 is 1.63 bits per heavy atom. The Kier molecular flexibility index (Phi) is 3.06. The number of oxime groups is 1. The van der Waals surface area contributed by atoms with E-state index in [4.69, 9.17) is 0 Å². The van der Waals surface area contributed by atoms with Crippen molar-refractivity contribution in [2.45, 2.75) is 57.4 Å². The summed E-state index contributed by atoms with van der Waals surface area (Å²) in [7, 11) is 0. The third-order valence-electron chi connectivity index (χ3n) is 6.35. The molecule has 1 heterocycles. The van der Waals surface area contributed by atoms with Crippen LogP contribution in [0.3, 0.4) is 0 Å². The van der Waals surface area contributed by atoms with Crippen molar-refractivity contribution in [3.05, 3.63) is 0 Å². The van der Waals surface area contributed by atoms with Crippen LogP contribution in [0.5, 0.6) is 0 Å². The maximum absolute atomic E-state index is 9.61. The molecule has 0 spiro atoms. The third-order valence-corrected chi connectivity index (χ3v) is 6.35. The van der Waals surface area contributed by atoms with E-state index >= 15 is 0 Å². The van der Waals surface area contributed by atoms with Gasteiger partial charge in [-0.25, -0.2) is 0 Å². The summed E-state index contributed by atoms with van der Waals surface area (Å²) < 4.78 is 0. The monoisotopic (exact) mass is 262 g/mol. The summed E-state index contributed by atoms with van der Waals surface area (Å²) in [5.74, 6) is 4.24. The van der Waals surface area contributed by atoms with E-state index in [0.29, 0.717) is 12.0 Å². The predicted molar refractivity (Wildman–Crippen MR) is 75.4 cm³/mol. The zero-order valence-electron chi connectivity index (χ0n) is 11.7. The topological polar surface area (TPSA) is 44.6 Å². The SMILES string of the molecule is O/N=C(\C1CCCCN1)C1C2CC3CC(C2)CC1C3. The van der Waals surface area contributed by atoms with Crippen LogP contribution in [0.15, 0.2) is 5.16 Å². The first kappa shape index (κ1) is 12.2. The highest BCUT2D eigenvalue weighted by Gasteiger charge is 2.50. The Bertz CT molecular complexity index is 345. The van der Waals surface area contributed by atoms with Gasteiger partial charge in [0.1, 0.15) is 0 Å². The molecule has 2 N–H and O–H groups in total. The van der Waals surface area contributed by atoms with Gasteiger partial charge in [0.2, 0.25) is 0 Å². The summed E-state index contributed by atoms with van der Waals surface area (Å²) in [5.41, 5.74) is 1.12. The Balaban J connectivity index is 1.56. The summed E-state index contributed by atoms with van der Waals surface area (Å²) in [6, 6.07) is 0.362. The zero-order valence-corrected chi connectivity index (χ0v) is 11.7. The van der Waals surface area contributed by atoms with E-state index in [1.165, 1.54) is 51.4 Å². The van der Waals surface area contributed by atoms with Crippen LogP contribution < -0.4 is 5.32 Å². The number of piperidine rings is 1. The largest absolute Gasteiger partial charge is 0.411 e. The lowest BCUT2D eigenvalue weighted by Gasteiger charge is -2.55. The number of nitrogens with one attached hydrogen (secondary N) is 1. The maximum atomic E-state index is 9.61. The molecule has 106 valence electrons. The first-order valence-electron chi connectivity index (χ1n) is 8.30. The van der Waals surface area contributed by atoms with Crippen LogP contribution in [0.4, 0.5) is 0 Å². The van der Waals surface area contributed by atoms with Gasteiger partial charge in [-0.2, -0.15) is 0 Å². The van der Waals surface area contributed by atoms with E-state index in [9.17, 15) is 5.21 Å². The minimum Gasteiger partial charge on any atom is -0.411 e. The fourth-order valence-electron chi connectivity index (χ4n) is 5.88. The van der Waals surface area contributed by atoms with Gasteiger partial charge in [0.15, 0.2) is 0 Å². The Hall–Kier alpha value is -0.570. The predicted octanol–water partition coefficient (Wildman–Crippen LogP) is 3.03. The molecule has 4 aliphatic carbocycles. The Labute approximate surface area is 115 Å². The standard InChI is InChI=1S/C16H26N2O/c19-18-16(14-3-1-2-4-17-14)15-12-6-10-5-11(8-12)9-13(15)7-10/h10-15,17,19H,1-9H2/b18-16+. The fourth-order valence-corrected chi connectivity index (χ4v) is 5.88. The molecular weight excluding hydrogens is 236 g/mol. The molecule has 1 saturated heterocycles. The maximum Gasteiger partial charge on any atom is 0.0776 e. The van der Waals surface area contributed by atoms with Gasteiger partial charge in [0, 0.05) is 12.0 Å². The van der Waals surface area contributed by atoms with Crippen LogP contribution in [0.1, 0.15) is 51.4 Å². The number of rotatable bonds is 2. The van der Waals surface area contributed by atoms with E-state index in [-0.39, 0.29) is 0 Å². The third kappa shape index (κ3) is 2.01. The molecule has 4 bridgehead atoms. The molecule has 0 radical (unpaired) electrons. The lowest BCUT2D eigenvalue weighted by atomic mass is 9.50. The molecule has 4 saturated carbocycles. The van der Waals surface area contributed by atoms with E-state index in [0.717, 1.165) is 35.9 Å². The molecule has 5 rings (SSSR count). The molecule has 0 amide bonds. The molecule has 1 unspecified atom stereocenters. The minimum atomic E-state index is 0.362. The first-order valence-corrected chi connectivity index (χ1v) is 8.30. The van der Waals surface area contributed by atoms with Gasteiger partial charge in [0.05, 0.1) is 5.71 Å². The molecule has 1 atom stereocenters. The lowest BCUT2D eigenvalue weighted by Crippen LogP contribution is -2.53. The molecule has 1 aliphatic heterocycles. The molecule has 3 heteroatoms. The molecular formula is C16H26N2O. The van der Waals surface area contributed by atoms with Crippen LogP contribution in [0.25, 0.3) is 0 Å². The number of hydrogen-bond donors (Lipinski definition) is 2. The highest BCUT2D eigenvalue weighted by molar-refractivity contribution is 5.92. The second kappa shape index (κ2) is 4.76. The molecule has 5 aliphatic rings. The highest BCUT2D eigenvalue weighted by atomic mass is 16.4. The minimum absolute atomic E-state index is 0.362. The Morgan fingerprint density at radius 1 is 0.947 bits per heavy atom. The van der Waals surface area contributed by atoms with Crippen molar-refractivity contribution in [3.8, 4) is 0 Å². The van der Waals surface area contributed by atoms with Crippen LogP contribution >= 0.6 is 0 Å². The van der Waals surface area contributed by atoms with Gasteiger partial charge in [-0.05, 0) is 75.2 Å². The molecule has 0 aromatic carbocycles. The fraction of sp³-hybridized carbons (Fsp3) is 0.938. The van der Waals surface area contributed by atoms with E-state index in [1.807, 2.05) is 0 Å². The second-order valence-corrected chi connectivity index (χ2v) is 7.48. The van der Waals surface area contributed by atoms with Crippen molar-refractivity contribution >= 4 is 5.71 Å². The smallest absolute Gasteiger partial charge is 0.0776 e. The van der Waals surface area contributed by atoms with Gasteiger partial charge in [-0.3, -0.25) is 0 Å². The first-order chi connectivity index (χ1) is 9.35. The van der Waals surface area contributed by atoms with Crippen LogP contribution in [-0.4, -0.2) is 23.5 Å². The molecule has 0 aromatic heterocycles. The Morgan fingerprint density at radius 3 is 2.16 bits per heavy atom. The second-order valence-electron chi connectivity index (χ2n) is 7.48. The molecule has 5 fully saturated rings.